The zero-order valence-corrected chi connectivity index (χ0v) is 18.7. The molecular formula is C22H24FN3O5S. The molecule has 0 radical (unpaired) electrons. The molecule has 1 heterocycles. The number of nitrogens with zero attached hydrogens (tertiary/aromatic N) is 2. The molecule has 1 N–H and O–H groups in total. The van der Waals surface area contributed by atoms with Gasteiger partial charge in [0.1, 0.15) is 23.3 Å². The van der Waals surface area contributed by atoms with Gasteiger partial charge in [-0.2, -0.15) is 0 Å². The topological polar surface area (TPSA) is 104 Å². The third-order valence-corrected chi connectivity index (χ3v) is 6.84. The lowest BCUT2D eigenvalue weighted by atomic mass is 10.1. The van der Waals surface area contributed by atoms with Crippen LogP contribution in [0.4, 0.5) is 4.39 Å². The molecule has 32 heavy (non-hydrogen) atoms. The normalized spacial score (nSPS) is 15.4. The Morgan fingerprint density at radius 1 is 1.06 bits per heavy atom. The molecule has 170 valence electrons. The van der Waals surface area contributed by atoms with E-state index in [0.29, 0.717) is 9.87 Å². The summed E-state index contributed by atoms with van der Waals surface area (Å²) in [5, 5.41) is 2.71. The molecule has 10 heteroatoms. The second-order valence-corrected chi connectivity index (χ2v) is 9.63. The van der Waals surface area contributed by atoms with Crippen molar-refractivity contribution in [1.29, 1.82) is 0 Å². The molecule has 0 bridgehead atoms. The summed E-state index contributed by atoms with van der Waals surface area (Å²) in [6, 6.07) is 9.97. The quantitative estimate of drug-likeness (QED) is 0.679. The van der Waals surface area contributed by atoms with Crippen LogP contribution in [0, 0.1) is 5.82 Å². The molecule has 3 rings (SSSR count). The van der Waals surface area contributed by atoms with Crippen molar-refractivity contribution in [3.8, 4) is 0 Å². The van der Waals surface area contributed by atoms with E-state index in [0.717, 1.165) is 0 Å². The summed E-state index contributed by atoms with van der Waals surface area (Å²) in [6.07, 6.45) is 0. The largest absolute Gasteiger partial charge is 0.352 e. The van der Waals surface area contributed by atoms with E-state index in [1.165, 1.54) is 60.4 Å². The molecule has 0 saturated heterocycles. The Bertz CT molecular complexity index is 1150. The van der Waals surface area contributed by atoms with Crippen LogP contribution >= 0.6 is 0 Å². The highest BCUT2D eigenvalue weighted by Gasteiger charge is 2.43. The van der Waals surface area contributed by atoms with E-state index in [1.807, 2.05) is 0 Å². The molecule has 2 aromatic carbocycles. The lowest BCUT2D eigenvalue weighted by Gasteiger charge is -2.30. The highest BCUT2D eigenvalue weighted by molar-refractivity contribution is 7.90. The van der Waals surface area contributed by atoms with Gasteiger partial charge in [-0.15, -0.1) is 0 Å². The van der Waals surface area contributed by atoms with Gasteiger partial charge in [-0.05, 0) is 50.6 Å². The van der Waals surface area contributed by atoms with Crippen LogP contribution in [-0.2, 0) is 26.2 Å². The number of hydrogen-bond donors (Lipinski definition) is 1. The van der Waals surface area contributed by atoms with Crippen molar-refractivity contribution in [1.82, 2.24) is 14.5 Å². The lowest BCUT2D eigenvalue weighted by Crippen LogP contribution is -2.52. The van der Waals surface area contributed by atoms with E-state index in [9.17, 15) is 27.2 Å². The first-order valence-electron chi connectivity index (χ1n) is 10.0. The first kappa shape index (κ1) is 23.4. The Morgan fingerprint density at radius 3 is 2.28 bits per heavy atom. The number of amides is 3. The SMILES string of the molecule is CC(C)NC(=O)[C@@H](C)N(Cc1ccc(F)cc1)C(=O)CN1C(=O)c2ccccc2S1(=O)=O. The van der Waals surface area contributed by atoms with Crippen LogP contribution in [0.3, 0.4) is 0 Å². The van der Waals surface area contributed by atoms with Crippen LogP contribution in [0.1, 0.15) is 36.7 Å². The molecule has 3 amide bonds. The predicted octanol–water partition coefficient (Wildman–Crippen LogP) is 1.91. The minimum Gasteiger partial charge on any atom is -0.352 e. The standard InChI is InChI=1S/C22H24FN3O5S/c1-14(2)24-21(28)15(3)25(12-16-8-10-17(23)11-9-16)20(27)13-26-22(29)18-6-4-5-7-19(18)32(26,30)31/h4-11,14-15H,12-13H2,1-3H3,(H,24,28)/t15-/m1/s1. The number of benzene rings is 2. The first-order valence-corrected chi connectivity index (χ1v) is 11.5. The Kier molecular flexibility index (Phi) is 6.63. The van der Waals surface area contributed by atoms with Gasteiger partial charge >= 0.3 is 0 Å². The predicted molar refractivity (Wildman–Crippen MR) is 114 cm³/mol. The second kappa shape index (κ2) is 9.07. The van der Waals surface area contributed by atoms with E-state index < -0.39 is 46.1 Å². The molecule has 1 aliphatic heterocycles. The summed E-state index contributed by atoms with van der Waals surface area (Å²) in [5.74, 6) is -2.42. The smallest absolute Gasteiger partial charge is 0.269 e. The van der Waals surface area contributed by atoms with Crippen LogP contribution in [0.2, 0.25) is 0 Å². The summed E-state index contributed by atoms with van der Waals surface area (Å²) in [7, 11) is -4.18. The fourth-order valence-corrected chi connectivity index (χ4v) is 4.89. The summed E-state index contributed by atoms with van der Waals surface area (Å²) in [4.78, 5) is 39.5. The van der Waals surface area contributed by atoms with Crippen molar-refractivity contribution < 1.29 is 27.2 Å². The van der Waals surface area contributed by atoms with Gasteiger partial charge in [0.2, 0.25) is 11.8 Å². The molecule has 0 spiro atoms. The third kappa shape index (κ3) is 4.64. The Balaban J connectivity index is 1.89. The van der Waals surface area contributed by atoms with E-state index in [-0.39, 0.29) is 23.0 Å². The molecule has 0 saturated carbocycles. The highest BCUT2D eigenvalue weighted by Crippen LogP contribution is 2.30. The van der Waals surface area contributed by atoms with Crippen LogP contribution in [0.25, 0.3) is 0 Å². The van der Waals surface area contributed by atoms with Crippen LogP contribution in [0.5, 0.6) is 0 Å². The van der Waals surface area contributed by atoms with Gasteiger partial charge in [-0.3, -0.25) is 14.4 Å². The number of nitrogens with one attached hydrogen (secondary N) is 1. The average molecular weight is 462 g/mol. The Morgan fingerprint density at radius 2 is 1.69 bits per heavy atom. The molecule has 0 fully saturated rings. The number of halogens is 1. The summed E-state index contributed by atoms with van der Waals surface area (Å²) >= 11 is 0. The number of carbonyl (C=O) groups excluding carboxylic acids is 3. The van der Waals surface area contributed by atoms with Crippen molar-refractivity contribution in [3.63, 3.8) is 0 Å². The summed E-state index contributed by atoms with van der Waals surface area (Å²) < 4.78 is 39.4. The maximum Gasteiger partial charge on any atom is 0.269 e. The van der Waals surface area contributed by atoms with Gasteiger partial charge in [-0.1, -0.05) is 24.3 Å². The monoisotopic (exact) mass is 461 g/mol. The van der Waals surface area contributed by atoms with Crippen LogP contribution in [0.15, 0.2) is 53.4 Å². The van der Waals surface area contributed by atoms with Crippen molar-refractivity contribution in [3.05, 3.63) is 65.5 Å². The van der Waals surface area contributed by atoms with Crippen molar-refractivity contribution in [2.24, 2.45) is 0 Å². The van der Waals surface area contributed by atoms with Crippen molar-refractivity contribution in [2.45, 2.75) is 44.3 Å². The number of rotatable bonds is 7. The molecule has 8 nitrogen and oxygen atoms in total. The number of carbonyl (C=O) groups is 3. The minimum atomic E-state index is -4.18. The molecular weight excluding hydrogens is 437 g/mol. The van der Waals surface area contributed by atoms with Gasteiger partial charge in [0.15, 0.2) is 0 Å². The third-order valence-electron chi connectivity index (χ3n) is 5.06. The van der Waals surface area contributed by atoms with E-state index in [4.69, 9.17) is 0 Å². The van der Waals surface area contributed by atoms with E-state index in [2.05, 4.69) is 5.32 Å². The van der Waals surface area contributed by atoms with Crippen LogP contribution in [-0.4, -0.2) is 54.0 Å². The van der Waals surface area contributed by atoms with Crippen molar-refractivity contribution in [2.75, 3.05) is 6.54 Å². The van der Waals surface area contributed by atoms with Crippen LogP contribution < -0.4 is 5.32 Å². The molecule has 1 aliphatic rings. The van der Waals surface area contributed by atoms with Gasteiger partial charge in [0.05, 0.1) is 5.56 Å². The molecule has 0 aromatic heterocycles. The van der Waals surface area contributed by atoms with E-state index >= 15 is 0 Å². The molecule has 2 aromatic rings. The Labute approximate surface area is 186 Å². The van der Waals surface area contributed by atoms with Gasteiger partial charge in [0.25, 0.3) is 15.9 Å². The number of fused-ring (bicyclic) bond motifs is 1. The van der Waals surface area contributed by atoms with E-state index in [1.54, 1.807) is 13.8 Å². The number of hydrogen-bond acceptors (Lipinski definition) is 5. The van der Waals surface area contributed by atoms with Gasteiger partial charge < -0.3 is 10.2 Å². The fraction of sp³-hybridized carbons (Fsp3) is 0.318. The minimum absolute atomic E-state index is 0.00372. The zero-order valence-electron chi connectivity index (χ0n) is 17.9. The fourth-order valence-electron chi connectivity index (χ4n) is 3.38. The zero-order chi connectivity index (χ0) is 23.6. The average Bonchev–Trinajstić information content (AvgIpc) is 2.93. The molecule has 0 aliphatic carbocycles. The lowest BCUT2D eigenvalue weighted by molar-refractivity contribution is -0.140. The number of sulfonamides is 1. The maximum absolute atomic E-state index is 13.3. The van der Waals surface area contributed by atoms with Gasteiger partial charge in [-0.25, -0.2) is 17.1 Å². The first-order chi connectivity index (χ1) is 15.0. The van der Waals surface area contributed by atoms with Gasteiger partial charge in [0, 0.05) is 12.6 Å². The Hall–Kier alpha value is -3.27. The summed E-state index contributed by atoms with van der Waals surface area (Å²) in [6.45, 7) is 4.22. The summed E-state index contributed by atoms with van der Waals surface area (Å²) in [5.41, 5.74) is 0.541. The second-order valence-electron chi connectivity index (χ2n) is 7.80. The molecule has 0 unspecified atom stereocenters. The van der Waals surface area contributed by atoms with Crippen molar-refractivity contribution >= 4 is 27.7 Å². The maximum atomic E-state index is 13.3. The molecule has 1 atom stereocenters. The highest BCUT2D eigenvalue weighted by atomic mass is 32.2.